The van der Waals surface area contributed by atoms with Gasteiger partial charge in [0.05, 0.1) is 18.2 Å². The summed E-state index contributed by atoms with van der Waals surface area (Å²) in [4.78, 5) is 19.2. The molecule has 0 radical (unpaired) electrons. The second-order valence-corrected chi connectivity index (χ2v) is 5.29. The van der Waals surface area contributed by atoms with Crippen molar-refractivity contribution in [2.75, 3.05) is 10.6 Å². The quantitative estimate of drug-likeness (QED) is 0.595. The van der Waals surface area contributed by atoms with Crippen molar-refractivity contribution in [3.8, 4) is 0 Å². The van der Waals surface area contributed by atoms with E-state index >= 15 is 0 Å². The number of nitrogens with one attached hydrogen (secondary N) is 4. The number of aryl methyl sites for hydroxylation is 1. The lowest BCUT2D eigenvalue weighted by Gasteiger charge is -2.12. The van der Waals surface area contributed by atoms with Crippen molar-refractivity contribution in [3.05, 3.63) is 59.8 Å². The van der Waals surface area contributed by atoms with Gasteiger partial charge in [0, 0.05) is 23.4 Å². The zero-order chi connectivity index (χ0) is 16.2. The molecule has 7 heteroatoms. The van der Waals surface area contributed by atoms with Gasteiger partial charge in [0.2, 0.25) is 0 Å². The zero-order valence-electron chi connectivity index (χ0n) is 12.9. The highest BCUT2D eigenvalue weighted by Crippen LogP contribution is 2.25. The first-order valence-corrected chi connectivity index (χ1v) is 7.30. The molecule has 1 aromatic carbocycles. The molecule has 0 aliphatic carbocycles. The van der Waals surface area contributed by atoms with E-state index in [1.54, 1.807) is 18.6 Å². The molecule has 2 heterocycles. The number of nitrogens with zero attached hydrogens (tertiary/aromatic N) is 2. The maximum absolute atomic E-state index is 11.8. The van der Waals surface area contributed by atoms with Crippen LogP contribution in [0.2, 0.25) is 0 Å². The lowest BCUT2D eigenvalue weighted by molar-refractivity contribution is 0.262. The SMILES string of the molecule is Cc1nc[nH]c1[C@@H](C)c1ccc(NC(=O)Nc2ccn[nH]2)cc1. The molecule has 3 rings (SSSR count). The summed E-state index contributed by atoms with van der Waals surface area (Å²) in [5.74, 6) is 0.757. The van der Waals surface area contributed by atoms with E-state index in [0.29, 0.717) is 5.82 Å². The summed E-state index contributed by atoms with van der Waals surface area (Å²) >= 11 is 0. The Balaban J connectivity index is 1.65. The normalized spacial score (nSPS) is 11.9. The van der Waals surface area contributed by atoms with E-state index < -0.39 is 0 Å². The van der Waals surface area contributed by atoms with Crippen LogP contribution < -0.4 is 10.6 Å². The van der Waals surface area contributed by atoms with E-state index in [-0.39, 0.29) is 11.9 Å². The Morgan fingerprint density at radius 3 is 2.57 bits per heavy atom. The molecule has 3 aromatic rings. The predicted molar refractivity (Wildman–Crippen MR) is 88.5 cm³/mol. The number of amides is 2. The zero-order valence-corrected chi connectivity index (χ0v) is 12.9. The molecule has 0 spiro atoms. The van der Waals surface area contributed by atoms with Gasteiger partial charge >= 0.3 is 6.03 Å². The van der Waals surface area contributed by atoms with Crippen molar-refractivity contribution < 1.29 is 4.79 Å². The number of carbonyl (C=O) groups is 1. The van der Waals surface area contributed by atoms with Crippen molar-refractivity contribution in [2.45, 2.75) is 19.8 Å². The van der Waals surface area contributed by atoms with E-state index in [9.17, 15) is 4.79 Å². The van der Waals surface area contributed by atoms with Crippen molar-refractivity contribution >= 4 is 17.5 Å². The summed E-state index contributed by atoms with van der Waals surface area (Å²) in [6.45, 7) is 4.10. The first kappa shape index (κ1) is 14.8. The first-order chi connectivity index (χ1) is 11.1. The maximum atomic E-state index is 11.8. The summed E-state index contributed by atoms with van der Waals surface area (Å²) in [5.41, 5.74) is 3.97. The lowest BCUT2D eigenvalue weighted by atomic mass is 9.96. The molecule has 2 aromatic heterocycles. The van der Waals surface area contributed by atoms with Crippen LogP contribution in [0.3, 0.4) is 0 Å². The lowest BCUT2D eigenvalue weighted by Crippen LogP contribution is -2.19. The molecular weight excluding hydrogens is 292 g/mol. The van der Waals surface area contributed by atoms with Gasteiger partial charge in [0.25, 0.3) is 0 Å². The van der Waals surface area contributed by atoms with Gasteiger partial charge in [0.15, 0.2) is 0 Å². The minimum atomic E-state index is -0.320. The Hall–Kier alpha value is -3.09. The van der Waals surface area contributed by atoms with Crippen molar-refractivity contribution in [3.63, 3.8) is 0 Å². The number of aromatic nitrogens is 4. The van der Waals surface area contributed by atoms with E-state index in [4.69, 9.17) is 0 Å². The fraction of sp³-hybridized carbons (Fsp3) is 0.188. The largest absolute Gasteiger partial charge is 0.348 e. The molecule has 2 amide bonds. The second-order valence-electron chi connectivity index (χ2n) is 5.29. The smallest absolute Gasteiger partial charge is 0.324 e. The van der Waals surface area contributed by atoms with Crippen LogP contribution in [-0.4, -0.2) is 26.2 Å². The molecular formula is C16H18N6O. The number of benzene rings is 1. The van der Waals surface area contributed by atoms with Crippen LogP contribution in [0.5, 0.6) is 0 Å². The fourth-order valence-electron chi connectivity index (χ4n) is 2.44. The van der Waals surface area contributed by atoms with Crippen molar-refractivity contribution in [1.29, 1.82) is 0 Å². The van der Waals surface area contributed by atoms with Gasteiger partial charge in [-0.05, 0) is 24.6 Å². The van der Waals surface area contributed by atoms with Crippen LogP contribution in [0, 0.1) is 6.92 Å². The minimum absolute atomic E-state index is 0.213. The van der Waals surface area contributed by atoms with Gasteiger partial charge in [-0.2, -0.15) is 5.10 Å². The summed E-state index contributed by atoms with van der Waals surface area (Å²) in [7, 11) is 0. The Kier molecular flexibility index (Phi) is 4.09. The molecule has 0 unspecified atom stereocenters. The number of hydrogen-bond acceptors (Lipinski definition) is 3. The second kappa shape index (κ2) is 6.35. The van der Waals surface area contributed by atoms with E-state index in [0.717, 1.165) is 22.6 Å². The average molecular weight is 310 g/mol. The topological polar surface area (TPSA) is 98.5 Å². The van der Waals surface area contributed by atoms with E-state index in [2.05, 4.69) is 37.7 Å². The van der Waals surface area contributed by atoms with Gasteiger partial charge in [-0.3, -0.25) is 10.4 Å². The minimum Gasteiger partial charge on any atom is -0.348 e. The Morgan fingerprint density at radius 1 is 1.17 bits per heavy atom. The molecule has 0 aliphatic rings. The summed E-state index contributed by atoms with van der Waals surface area (Å²) in [6, 6.07) is 9.11. The molecule has 0 saturated heterocycles. The summed E-state index contributed by atoms with van der Waals surface area (Å²) in [6.07, 6.45) is 3.28. The monoisotopic (exact) mass is 310 g/mol. The summed E-state index contributed by atoms with van der Waals surface area (Å²) in [5, 5.41) is 11.9. The molecule has 118 valence electrons. The molecule has 23 heavy (non-hydrogen) atoms. The number of carbonyl (C=O) groups excluding carboxylic acids is 1. The first-order valence-electron chi connectivity index (χ1n) is 7.30. The number of imidazole rings is 1. The van der Waals surface area contributed by atoms with E-state index in [1.807, 2.05) is 31.2 Å². The molecule has 1 atom stereocenters. The Labute approximate surface area is 133 Å². The van der Waals surface area contributed by atoms with Crippen molar-refractivity contribution in [2.24, 2.45) is 0 Å². The Bertz CT molecular complexity index is 775. The number of aromatic amines is 2. The third kappa shape index (κ3) is 3.39. The van der Waals surface area contributed by atoms with Crippen molar-refractivity contribution in [1.82, 2.24) is 20.2 Å². The number of rotatable bonds is 4. The standard InChI is InChI=1S/C16H18N6O/c1-10(15-11(2)17-9-18-15)12-3-5-13(6-4-12)20-16(23)21-14-7-8-19-22-14/h3-10H,1-2H3,(H,17,18)(H3,19,20,21,22,23)/t10-/m0/s1. The highest BCUT2D eigenvalue weighted by atomic mass is 16.2. The molecule has 0 aliphatic heterocycles. The average Bonchev–Trinajstić information content (AvgIpc) is 3.19. The van der Waals surface area contributed by atoms with Crippen LogP contribution in [0.15, 0.2) is 42.9 Å². The van der Waals surface area contributed by atoms with Crippen LogP contribution in [0.1, 0.15) is 29.8 Å². The Morgan fingerprint density at radius 2 is 1.96 bits per heavy atom. The number of anilines is 2. The molecule has 4 N–H and O–H groups in total. The van der Waals surface area contributed by atoms with E-state index in [1.165, 1.54) is 0 Å². The van der Waals surface area contributed by atoms with Crippen LogP contribution in [0.25, 0.3) is 0 Å². The van der Waals surface area contributed by atoms with Crippen LogP contribution in [-0.2, 0) is 0 Å². The maximum Gasteiger partial charge on any atom is 0.324 e. The molecule has 0 bridgehead atoms. The van der Waals surface area contributed by atoms with Crippen LogP contribution in [0.4, 0.5) is 16.3 Å². The van der Waals surface area contributed by atoms with Gasteiger partial charge in [0.1, 0.15) is 5.82 Å². The van der Waals surface area contributed by atoms with Gasteiger partial charge in [-0.15, -0.1) is 0 Å². The highest BCUT2D eigenvalue weighted by molar-refractivity contribution is 5.99. The highest BCUT2D eigenvalue weighted by Gasteiger charge is 2.13. The third-order valence-electron chi connectivity index (χ3n) is 3.72. The predicted octanol–water partition coefficient (Wildman–Crippen LogP) is 3.24. The molecule has 0 fully saturated rings. The number of urea groups is 1. The van der Waals surface area contributed by atoms with Gasteiger partial charge in [-0.25, -0.2) is 9.78 Å². The number of H-pyrrole nitrogens is 2. The fourth-order valence-corrected chi connectivity index (χ4v) is 2.44. The van der Waals surface area contributed by atoms with Crippen LogP contribution >= 0.6 is 0 Å². The molecule has 7 nitrogen and oxygen atoms in total. The summed E-state index contributed by atoms with van der Waals surface area (Å²) < 4.78 is 0. The number of hydrogen-bond donors (Lipinski definition) is 4. The van der Waals surface area contributed by atoms with Gasteiger partial charge < -0.3 is 10.3 Å². The molecule has 0 saturated carbocycles. The van der Waals surface area contributed by atoms with Gasteiger partial charge in [-0.1, -0.05) is 19.1 Å². The third-order valence-corrected chi connectivity index (χ3v) is 3.72.